The number of nitrogens with two attached hydrogens (primary N) is 1. The van der Waals surface area contributed by atoms with Gasteiger partial charge in [0, 0.05) is 5.39 Å². The minimum atomic E-state index is -0.518. The number of fused-ring (bicyclic) bond motifs is 2. The van der Waals surface area contributed by atoms with Crippen LogP contribution in [0.5, 0.6) is 0 Å². The average Bonchev–Trinajstić information content (AvgIpc) is 3.09. The Kier molecular flexibility index (Phi) is 5.75. The van der Waals surface area contributed by atoms with E-state index in [0.29, 0.717) is 31.9 Å². The number of aryl methyl sites for hydroxylation is 3. The van der Waals surface area contributed by atoms with Crippen molar-refractivity contribution in [3.63, 3.8) is 0 Å². The second-order valence-corrected chi connectivity index (χ2v) is 8.37. The summed E-state index contributed by atoms with van der Waals surface area (Å²) in [5, 5.41) is 1.48. The van der Waals surface area contributed by atoms with Crippen molar-refractivity contribution in [3.05, 3.63) is 57.4 Å². The molecule has 0 saturated carbocycles. The van der Waals surface area contributed by atoms with E-state index in [-0.39, 0.29) is 24.9 Å². The standard InChI is InChI=1S/C23H22N4O4S/c1-5-30-23(29)19-12(3)18-20(24)26-17(27-21(18)32-19)10-31-22(28)15-9-14-8-11(2)6-7-16(14)25-13(15)4/h6-9H,5,10H2,1-4H3,(H2,24,26,27). The van der Waals surface area contributed by atoms with Gasteiger partial charge in [-0.3, -0.25) is 4.98 Å². The van der Waals surface area contributed by atoms with Gasteiger partial charge in [0.15, 0.2) is 12.4 Å². The van der Waals surface area contributed by atoms with Gasteiger partial charge < -0.3 is 15.2 Å². The summed E-state index contributed by atoms with van der Waals surface area (Å²) in [5.74, 6) is -0.461. The van der Waals surface area contributed by atoms with Gasteiger partial charge >= 0.3 is 11.9 Å². The highest BCUT2D eigenvalue weighted by Gasteiger charge is 2.21. The molecule has 8 nitrogen and oxygen atoms in total. The molecule has 2 N–H and O–H groups in total. The van der Waals surface area contributed by atoms with Gasteiger partial charge in [-0.2, -0.15) is 0 Å². The molecule has 0 amide bonds. The number of ether oxygens (including phenoxy) is 2. The fourth-order valence-corrected chi connectivity index (χ4v) is 4.58. The Bertz CT molecular complexity index is 1380. The zero-order chi connectivity index (χ0) is 23.0. The number of rotatable bonds is 5. The first-order chi connectivity index (χ1) is 15.3. The number of benzene rings is 1. The van der Waals surface area contributed by atoms with Crippen LogP contribution >= 0.6 is 11.3 Å². The molecule has 164 valence electrons. The topological polar surface area (TPSA) is 117 Å². The van der Waals surface area contributed by atoms with E-state index < -0.39 is 11.9 Å². The quantitative estimate of drug-likeness (QED) is 0.448. The van der Waals surface area contributed by atoms with E-state index >= 15 is 0 Å². The van der Waals surface area contributed by atoms with Crippen LogP contribution in [0.1, 0.15) is 49.6 Å². The Balaban J connectivity index is 1.59. The molecule has 0 radical (unpaired) electrons. The number of nitrogen functional groups attached to an aromatic ring is 1. The number of hydrogen-bond acceptors (Lipinski definition) is 9. The van der Waals surface area contributed by atoms with E-state index in [1.54, 1.807) is 26.8 Å². The van der Waals surface area contributed by atoms with Crippen molar-refractivity contribution in [1.82, 2.24) is 15.0 Å². The lowest BCUT2D eigenvalue weighted by atomic mass is 10.1. The van der Waals surface area contributed by atoms with Crippen LogP contribution in [0.15, 0.2) is 24.3 Å². The molecule has 1 aromatic carbocycles. The number of pyridine rings is 1. The van der Waals surface area contributed by atoms with Crippen molar-refractivity contribution in [3.8, 4) is 0 Å². The molecule has 3 heterocycles. The normalized spacial score (nSPS) is 11.1. The van der Waals surface area contributed by atoms with Crippen LogP contribution in [0.2, 0.25) is 0 Å². The third-order valence-electron chi connectivity index (χ3n) is 5.04. The highest BCUT2D eigenvalue weighted by atomic mass is 32.1. The number of hydrogen-bond donors (Lipinski definition) is 1. The van der Waals surface area contributed by atoms with Crippen molar-refractivity contribution >= 4 is 50.2 Å². The van der Waals surface area contributed by atoms with Crippen LogP contribution in [-0.2, 0) is 16.1 Å². The van der Waals surface area contributed by atoms with E-state index in [0.717, 1.165) is 16.5 Å². The van der Waals surface area contributed by atoms with Gasteiger partial charge in [0.25, 0.3) is 0 Å². The lowest BCUT2D eigenvalue weighted by Crippen LogP contribution is -2.10. The molecule has 0 bridgehead atoms. The van der Waals surface area contributed by atoms with Crippen molar-refractivity contribution in [2.45, 2.75) is 34.3 Å². The van der Waals surface area contributed by atoms with E-state index in [1.807, 2.05) is 25.1 Å². The van der Waals surface area contributed by atoms with E-state index in [4.69, 9.17) is 15.2 Å². The molecule has 3 aromatic heterocycles. The third-order valence-corrected chi connectivity index (χ3v) is 6.20. The summed E-state index contributed by atoms with van der Waals surface area (Å²) in [6, 6.07) is 7.65. The molecule has 0 unspecified atom stereocenters. The summed E-state index contributed by atoms with van der Waals surface area (Å²) < 4.78 is 10.5. The summed E-state index contributed by atoms with van der Waals surface area (Å²) in [6.45, 7) is 7.39. The van der Waals surface area contributed by atoms with Gasteiger partial charge in [-0.25, -0.2) is 19.6 Å². The Morgan fingerprint density at radius 1 is 1.03 bits per heavy atom. The largest absolute Gasteiger partial charge is 0.462 e. The van der Waals surface area contributed by atoms with E-state index in [2.05, 4.69) is 15.0 Å². The summed E-state index contributed by atoms with van der Waals surface area (Å²) in [5.41, 5.74) is 9.65. The van der Waals surface area contributed by atoms with Crippen molar-refractivity contribution in [1.29, 1.82) is 0 Å². The average molecular weight is 451 g/mol. The molecular formula is C23H22N4O4S. The summed E-state index contributed by atoms with van der Waals surface area (Å²) in [7, 11) is 0. The number of thiophene rings is 1. The molecular weight excluding hydrogens is 428 g/mol. The molecule has 0 saturated heterocycles. The van der Waals surface area contributed by atoms with Crippen LogP contribution in [0, 0.1) is 20.8 Å². The number of aromatic nitrogens is 3. The maximum absolute atomic E-state index is 12.7. The van der Waals surface area contributed by atoms with Gasteiger partial charge in [-0.15, -0.1) is 11.3 Å². The van der Waals surface area contributed by atoms with Gasteiger partial charge in [0.1, 0.15) is 15.5 Å². The highest BCUT2D eigenvalue weighted by Crippen LogP contribution is 2.33. The van der Waals surface area contributed by atoms with Crippen LogP contribution < -0.4 is 5.73 Å². The minimum Gasteiger partial charge on any atom is -0.462 e. The van der Waals surface area contributed by atoms with Crippen LogP contribution in [0.3, 0.4) is 0 Å². The zero-order valence-electron chi connectivity index (χ0n) is 18.2. The molecule has 0 aliphatic carbocycles. The Hall–Kier alpha value is -3.59. The molecule has 4 aromatic rings. The zero-order valence-corrected chi connectivity index (χ0v) is 19.0. The monoisotopic (exact) mass is 450 g/mol. The van der Waals surface area contributed by atoms with Crippen LogP contribution in [-0.4, -0.2) is 33.5 Å². The summed E-state index contributed by atoms with van der Waals surface area (Å²) in [4.78, 5) is 39.1. The van der Waals surface area contributed by atoms with Gasteiger partial charge in [-0.05, 0) is 51.5 Å². The summed E-state index contributed by atoms with van der Waals surface area (Å²) >= 11 is 1.18. The summed E-state index contributed by atoms with van der Waals surface area (Å²) in [6.07, 6.45) is 0. The number of nitrogens with zero attached hydrogens (tertiary/aromatic N) is 3. The molecule has 0 atom stereocenters. The van der Waals surface area contributed by atoms with Gasteiger partial charge in [0.2, 0.25) is 0 Å². The smallest absolute Gasteiger partial charge is 0.348 e. The fourth-order valence-electron chi connectivity index (χ4n) is 3.48. The molecule has 0 spiro atoms. The van der Waals surface area contributed by atoms with Crippen molar-refractivity contribution in [2.75, 3.05) is 12.3 Å². The maximum atomic E-state index is 12.7. The fraction of sp³-hybridized carbons (Fsp3) is 0.261. The third kappa shape index (κ3) is 3.99. The number of carbonyl (C=O) groups excluding carboxylic acids is 2. The molecule has 0 aliphatic rings. The van der Waals surface area contributed by atoms with Crippen molar-refractivity contribution in [2.24, 2.45) is 0 Å². The number of anilines is 1. The second kappa shape index (κ2) is 8.51. The molecule has 4 rings (SSSR count). The Morgan fingerprint density at radius 3 is 2.56 bits per heavy atom. The molecule has 0 fully saturated rings. The second-order valence-electron chi connectivity index (χ2n) is 7.38. The van der Waals surface area contributed by atoms with Crippen LogP contribution in [0.4, 0.5) is 5.82 Å². The van der Waals surface area contributed by atoms with Crippen molar-refractivity contribution < 1.29 is 19.1 Å². The SMILES string of the molecule is CCOC(=O)c1sc2nc(COC(=O)c3cc4cc(C)ccc4nc3C)nc(N)c2c1C. The lowest BCUT2D eigenvalue weighted by molar-refractivity contribution is 0.0460. The number of esters is 2. The minimum absolute atomic E-state index is 0.157. The Labute approximate surface area is 188 Å². The Morgan fingerprint density at radius 2 is 1.81 bits per heavy atom. The predicted octanol–water partition coefficient (Wildman–Crippen LogP) is 4.28. The first kappa shape index (κ1) is 21.6. The maximum Gasteiger partial charge on any atom is 0.348 e. The van der Waals surface area contributed by atoms with Crippen LogP contribution in [0.25, 0.3) is 21.1 Å². The first-order valence-corrected chi connectivity index (χ1v) is 10.9. The van der Waals surface area contributed by atoms with E-state index in [1.165, 1.54) is 11.3 Å². The molecule has 32 heavy (non-hydrogen) atoms. The van der Waals surface area contributed by atoms with Gasteiger partial charge in [-0.1, -0.05) is 11.6 Å². The lowest BCUT2D eigenvalue weighted by Gasteiger charge is -2.09. The van der Waals surface area contributed by atoms with E-state index in [9.17, 15) is 9.59 Å². The predicted molar refractivity (Wildman–Crippen MR) is 123 cm³/mol. The van der Waals surface area contributed by atoms with Gasteiger partial charge in [0.05, 0.1) is 28.8 Å². The molecule has 9 heteroatoms. The molecule has 0 aliphatic heterocycles. The first-order valence-electron chi connectivity index (χ1n) is 10.1. The highest BCUT2D eigenvalue weighted by molar-refractivity contribution is 7.20. The number of carbonyl (C=O) groups is 2.